The molecule has 1 aliphatic heterocycles. The molecule has 1 fully saturated rings. The lowest BCUT2D eigenvalue weighted by Crippen LogP contribution is -2.41. The van der Waals surface area contributed by atoms with E-state index in [1.54, 1.807) is 0 Å². The lowest BCUT2D eigenvalue weighted by atomic mass is 9.67. The first-order valence-corrected chi connectivity index (χ1v) is 8.48. The van der Waals surface area contributed by atoms with E-state index in [4.69, 9.17) is 10.5 Å². The van der Waals surface area contributed by atoms with E-state index >= 15 is 4.39 Å². The molecule has 1 unspecified atom stereocenters. The summed E-state index contributed by atoms with van der Waals surface area (Å²) in [5.74, 6) is -0.0692. The van der Waals surface area contributed by atoms with Gasteiger partial charge in [0.1, 0.15) is 5.82 Å². The van der Waals surface area contributed by atoms with Gasteiger partial charge < -0.3 is 10.5 Å². The van der Waals surface area contributed by atoms with Gasteiger partial charge in [-0.3, -0.25) is 4.57 Å². The predicted molar refractivity (Wildman–Crippen MR) is 93.3 cm³/mol. The summed E-state index contributed by atoms with van der Waals surface area (Å²) in [5, 5.41) is 0. The highest BCUT2D eigenvalue weighted by molar-refractivity contribution is 5.23. The summed E-state index contributed by atoms with van der Waals surface area (Å²) in [5.41, 5.74) is 4.62. The number of nitrogen functional groups attached to an aromatic ring is 1. The second kappa shape index (κ2) is 6.14. The Hall–Kier alpha value is -1.43. The SMILES string of the molecule is C[C@@H]([C@H]1O[C@@H](n2ccc(N)nc2=O)C(F)[C@H]1C(C)(C)C)C(C)(C)C. The molecule has 5 nitrogen and oxygen atoms in total. The van der Waals surface area contributed by atoms with Crippen molar-refractivity contribution in [1.82, 2.24) is 9.55 Å². The number of alkyl halides is 1. The first-order chi connectivity index (χ1) is 10.8. The summed E-state index contributed by atoms with van der Waals surface area (Å²) < 4.78 is 22.7. The third kappa shape index (κ3) is 3.48. The van der Waals surface area contributed by atoms with Crippen molar-refractivity contribution in [3.63, 3.8) is 0 Å². The topological polar surface area (TPSA) is 70.1 Å². The number of anilines is 1. The standard InChI is InChI=1S/C18H30FN3O2/c1-10(17(2,3)4)14-12(18(5,6)7)13(19)15(24-14)22-9-8-11(20)21-16(22)23/h8-10,12-15H,1-7H3,(H2,20,21,23)/t10-,12+,13?,14+,15+/m0/s1. The van der Waals surface area contributed by atoms with Crippen molar-refractivity contribution >= 4 is 5.82 Å². The van der Waals surface area contributed by atoms with Gasteiger partial charge in [0.05, 0.1) is 6.10 Å². The van der Waals surface area contributed by atoms with Crippen molar-refractivity contribution in [2.45, 2.75) is 67.0 Å². The molecule has 0 saturated carbocycles. The highest BCUT2D eigenvalue weighted by Gasteiger charge is 2.54. The fourth-order valence-electron chi connectivity index (χ4n) is 3.41. The van der Waals surface area contributed by atoms with Gasteiger partial charge in [0.15, 0.2) is 12.4 Å². The normalized spacial score (nSPS) is 29.7. The van der Waals surface area contributed by atoms with E-state index in [-0.39, 0.29) is 34.6 Å². The van der Waals surface area contributed by atoms with Crippen LogP contribution in [0.15, 0.2) is 17.1 Å². The number of halogens is 1. The predicted octanol–water partition coefficient (Wildman–Crippen LogP) is 3.41. The lowest BCUT2D eigenvalue weighted by Gasteiger charge is -2.39. The van der Waals surface area contributed by atoms with Gasteiger partial charge in [-0.1, -0.05) is 48.5 Å². The molecule has 1 aromatic heterocycles. The number of nitrogens with two attached hydrogens (primary N) is 1. The van der Waals surface area contributed by atoms with Crippen molar-refractivity contribution in [1.29, 1.82) is 0 Å². The Labute approximate surface area is 143 Å². The largest absolute Gasteiger partial charge is 0.383 e. The minimum absolute atomic E-state index is 0.0346. The molecular formula is C18H30FN3O2. The third-order valence-electron chi connectivity index (χ3n) is 5.25. The molecule has 0 radical (unpaired) electrons. The maximum atomic E-state index is 15.4. The van der Waals surface area contributed by atoms with Gasteiger partial charge in [0, 0.05) is 12.1 Å². The van der Waals surface area contributed by atoms with Crippen LogP contribution in [0, 0.1) is 22.7 Å². The van der Waals surface area contributed by atoms with Crippen LogP contribution in [0.1, 0.15) is 54.7 Å². The molecule has 6 heteroatoms. The van der Waals surface area contributed by atoms with Crippen LogP contribution >= 0.6 is 0 Å². The van der Waals surface area contributed by atoms with Gasteiger partial charge in [-0.25, -0.2) is 9.18 Å². The second-order valence-corrected chi connectivity index (χ2v) is 9.02. The molecule has 0 aromatic carbocycles. The molecule has 2 N–H and O–H groups in total. The third-order valence-corrected chi connectivity index (χ3v) is 5.25. The number of rotatable bonds is 2. The van der Waals surface area contributed by atoms with Crippen molar-refractivity contribution < 1.29 is 9.13 Å². The van der Waals surface area contributed by atoms with Crippen molar-refractivity contribution in [3.8, 4) is 0 Å². The van der Waals surface area contributed by atoms with Crippen LogP contribution in [0.2, 0.25) is 0 Å². The van der Waals surface area contributed by atoms with Crippen LogP contribution in [0.5, 0.6) is 0 Å². The van der Waals surface area contributed by atoms with Gasteiger partial charge in [-0.15, -0.1) is 0 Å². The summed E-state index contributed by atoms with van der Waals surface area (Å²) in [6, 6.07) is 1.49. The molecule has 24 heavy (non-hydrogen) atoms. The van der Waals surface area contributed by atoms with E-state index in [9.17, 15) is 4.79 Å². The van der Waals surface area contributed by atoms with Gasteiger partial charge >= 0.3 is 5.69 Å². The molecular weight excluding hydrogens is 309 g/mol. The Morgan fingerprint density at radius 1 is 1.29 bits per heavy atom. The van der Waals surface area contributed by atoms with Gasteiger partial charge in [0.25, 0.3) is 0 Å². The zero-order valence-corrected chi connectivity index (χ0v) is 15.7. The van der Waals surface area contributed by atoms with Crippen molar-refractivity contribution in [2.24, 2.45) is 22.7 Å². The van der Waals surface area contributed by atoms with E-state index in [0.717, 1.165) is 0 Å². The Bertz CT molecular complexity index is 645. The van der Waals surface area contributed by atoms with Crippen LogP contribution in [0.3, 0.4) is 0 Å². The van der Waals surface area contributed by atoms with E-state index < -0.39 is 18.1 Å². The fourth-order valence-corrected chi connectivity index (χ4v) is 3.41. The van der Waals surface area contributed by atoms with Gasteiger partial charge in [-0.2, -0.15) is 4.98 Å². The molecule has 2 heterocycles. The molecule has 2 rings (SSSR count). The van der Waals surface area contributed by atoms with Gasteiger partial charge in [0.2, 0.25) is 0 Å². The molecule has 5 atom stereocenters. The molecule has 0 bridgehead atoms. The minimum atomic E-state index is -1.29. The fraction of sp³-hybridized carbons (Fsp3) is 0.778. The van der Waals surface area contributed by atoms with E-state index in [0.29, 0.717) is 0 Å². The zero-order chi connectivity index (χ0) is 18.4. The van der Waals surface area contributed by atoms with Crippen molar-refractivity contribution in [3.05, 3.63) is 22.7 Å². The average molecular weight is 339 g/mol. The Morgan fingerprint density at radius 2 is 1.88 bits per heavy atom. The van der Waals surface area contributed by atoms with E-state index in [1.807, 2.05) is 20.8 Å². The maximum Gasteiger partial charge on any atom is 0.351 e. The zero-order valence-electron chi connectivity index (χ0n) is 15.7. The summed E-state index contributed by atoms with van der Waals surface area (Å²) >= 11 is 0. The van der Waals surface area contributed by atoms with Gasteiger partial charge in [-0.05, 0) is 22.8 Å². The van der Waals surface area contributed by atoms with E-state index in [2.05, 4.69) is 32.7 Å². The summed E-state index contributed by atoms with van der Waals surface area (Å²) in [4.78, 5) is 15.8. The maximum absolute atomic E-state index is 15.4. The number of aromatic nitrogens is 2. The molecule has 1 aromatic rings. The van der Waals surface area contributed by atoms with Crippen LogP contribution in [0.4, 0.5) is 10.2 Å². The van der Waals surface area contributed by atoms with E-state index in [1.165, 1.54) is 16.8 Å². The summed E-state index contributed by atoms with van der Waals surface area (Å²) in [6.45, 7) is 14.5. The second-order valence-electron chi connectivity index (χ2n) is 9.02. The van der Waals surface area contributed by atoms with Crippen LogP contribution in [-0.2, 0) is 4.74 Å². The summed E-state index contributed by atoms with van der Waals surface area (Å²) in [7, 11) is 0. The number of ether oxygens (including phenoxy) is 1. The smallest absolute Gasteiger partial charge is 0.351 e. The number of hydrogen-bond donors (Lipinski definition) is 1. The van der Waals surface area contributed by atoms with Crippen molar-refractivity contribution in [2.75, 3.05) is 5.73 Å². The monoisotopic (exact) mass is 339 g/mol. The molecule has 0 amide bonds. The van der Waals surface area contributed by atoms with Crippen LogP contribution in [-0.4, -0.2) is 21.8 Å². The molecule has 1 saturated heterocycles. The first kappa shape index (κ1) is 18.9. The minimum Gasteiger partial charge on any atom is -0.383 e. The molecule has 0 spiro atoms. The Kier molecular flexibility index (Phi) is 4.83. The quantitative estimate of drug-likeness (QED) is 0.896. The summed E-state index contributed by atoms with van der Waals surface area (Å²) in [6.07, 6.45) is -1.08. The molecule has 0 aliphatic carbocycles. The Balaban J connectivity index is 2.45. The average Bonchev–Trinajstić information content (AvgIpc) is 2.74. The number of hydrogen-bond acceptors (Lipinski definition) is 4. The van der Waals surface area contributed by atoms with Crippen LogP contribution < -0.4 is 11.4 Å². The highest BCUT2D eigenvalue weighted by Crippen LogP contribution is 2.50. The van der Waals surface area contributed by atoms with Crippen LogP contribution in [0.25, 0.3) is 0 Å². The Morgan fingerprint density at radius 3 is 2.33 bits per heavy atom. The number of nitrogens with zero attached hydrogens (tertiary/aromatic N) is 2. The molecule has 1 aliphatic rings. The molecule has 136 valence electrons. The first-order valence-electron chi connectivity index (χ1n) is 8.48. The highest BCUT2D eigenvalue weighted by atomic mass is 19.1. The lowest BCUT2D eigenvalue weighted by molar-refractivity contribution is -0.0692.